The fraction of sp³-hybridized carbons (Fsp3) is 0.182. The van der Waals surface area contributed by atoms with E-state index in [1.54, 1.807) is 7.11 Å². The van der Waals surface area contributed by atoms with Gasteiger partial charge in [-0.15, -0.1) is 0 Å². The lowest BCUT2D eigenvalue weighted by atomic mass is 10.1. The normalized spacial score (nSPS) is 10.7. The van der Waals surface area contributed by atoms with Crippen molar-refractivity contribution in [2.45, 2.75) is 6.92 Å². The summed E-state index contributed by atoms with van der Waals surface area (Å²) in [7, 11) is 1.61. The first kappa shape index (κ1) is 10.5. The van der Waals surface area contributed by atoms with Gasteiger partial charge in [-0.2, -0.15) is 0 Å². The molecular formula is C11H9Cl2NO. The van der Waals surface area contributed by atoms with E-state index in [4.69, 9.17) is 27.9 Å². The van der Waals surface area contributed by atoms with Crippen LogP contribution in [-0.2, 0) is 0 Å². The number of ether oxygens (including phenoxy) is 1. The van der Waals surface area contributed by atoms with E-state index in [1.807, 2.05) is 19.1 Å². The van der Waals surface area contributed by atoms with Crippen molar-refractivity contribution in [1.82, 2.24) is 4.98 Å². The van der Waals surface area contributed by atoms with Crippen molar-refractivity contribution in [1.29, 1.82) is 0 Å². The Labute approximate surface area is 97.8 Å². The SMILES string of the molecule is COc1ccc(C)c2c(Cl)c(Cl)cnc12. The van der Waals surface area contributed by atoms with Gasteiger partial charge in [-0.25, -0.2) is 0 Å². The predicted molar refractivity (Wildman–Crippen MR) is 63.1 cm³/mol. The maximum atomic E-state index is 6.13. The van der Waals surface area contributed by atoms with Crippen molar-refractivity contribution < 1.29 is 4.74 Å². The summed E-state index contributed by atoms with van der Waals surface area (Å²) in [6, 6.07) is 3.81. The van der Waals surface area contributed by atoms with Gasteiger partial charge in [0, 0.05) is 11.6 Å². The van der Waals surface area contributed by atoms with Crippen molar-refractivity contribution in [3.63, 3.8) is 0 Å². The minimum Gasteiger partial charge on any atom is -0.494 e. The van der Waals surface area contributed by atoms with E-state index in [-0.39, 0.29) is 0 Å². The minimum absolute atomic E-state index is 0.459. The molecule has 0 spiro atoms. The molecule has 0 unspecified atom stereocenters. The quantitative estimate of drug-likeness (QED) is 0.757. The molecule has 1 aromatic heterocycles. The molecule has 0 fully saturated rings. The molecule has 0 aliphatic heterocycles. The smallest absolute Gasteiger partial charge is 0.145 e. The zero-order chi connectivity index (χ0) is 11.0. The molecule has 1 aromatic carbocycles. The number of rotatable bonds is 1. The molecule has 0 aliphatic rings. The average Bonchev–Trinajstić information content (AvgIpc) is 2.24. The molecule has 0 radical (unpaired) electrons. The van der Waals surface area contributed by atoms with Crippen LogP contribution < -0.4 is 4.74 Å². The van der Waals surface area contributed by atoms with Crippen molar-refractivity contribution in [2.75, 3.05) is 7.11 Å². The summed E-state index contributed by atoms with van der Waals surface area (Å²) in [5, 5.41) is 1.84. The molecule has 0 saturated heterocycles. The van der Waals surface area contributed by atoms with E-state index in [1.165, 1.54) is 6.20 Å². The second-order valence-electron chi connectivity index (χ2n) is 3.23. The third-order valence-electron chi connectivity index (χ3n) is 2.31. The molecular weight excluding hydrogens is 233 g/mol. The Bertz CT molecular complexity index is 525. The Morgan fingerprint density at radius 1 is 1.27 bits per heavy atom. The lowest BCUT2D eigenvalue weighted by Gasteiger charge is -2.09. The van der Waals surface area contributed by atoms with Crippen molar-refractivity contribution >= 4 is 34.1 Å². The number of benzene rings is 1. The number of aromatic nitrogens is 1. The van der Waals surface area contributed by atoms with E-state index in [9.17, 15) is 0 Å². The summed E-state index contributed by atoms with van der Waals surface area (Å²) in [5.41, 5.74) is 1.78. The van der Waals surface area contributed by atoms with Gasteiger partial charge in [0.05, 0.1) is 17.2 Å². The van der Waals surface area contributed by atoms with E-state index < -0.39 is 0 Å². The number of aryl methyl sites for hydroxylation is 1. The van der Waals surface area contributed by atoms with Gasteiger partial charge < -0.3 is 4.74 Å². The predicted octanol–water partition coefficient (Wildman–Crippen LogP) is 3.86. The Hall–Kier alpha value is -0.990. The molecule has 0 bridgehead atoms. The third-order valence-corrected chi connectivity index (χ3v) is 3.08. The Morgan fingerprint density at radius 3 is 2.67 bits per heavy atom. The van der Waals surface area contributed by atoms with Gasteiger partial charge in [-0.1, -0.05) is 29.3 Å². The third kappa shape index (κ3) is 1.64. The zero-order valence-electron chi connectivity index (χ0n) is 8.34. The number of halogens is 2. The summed E-state index contributed by atoms with van der Waals surface area (Å²) in [4.78, 5) is 4.23. The standard InChI is InChI=1S/C11H9Cl2NO/c1-6-3-4-8(15-2)11-9(6)10(13)7(12)5-14-11/h3-5H,1-2H3. The molecule has 0 aliphatic carbocycles. The maximum Gasteiger partial charge on any atom is 0.145 e. The molecule has 0 N–H and O–H groups in total. The summed E-state index contributed by atoms with van der Waals surface area (Å²) in [6.07, 6.45) is 1.54. The van der Waals surface area contributed by atoms with Crippen LogP contribution in [0.1, 0.15) is 5.56 Å². The maximum absolute atomic E-state index is 6.13. The van der Waals surface area contributed by atoms with Gasteiger partial charge in [0.25, 0.3) is 0 Å². The number of hydrogen-bond acceptors (Lipinski definition) is 2. The highest BCUT2D eigenvalue weighted by Gasteiger charge is 2.11. The monoisotopic (exact) mass is 241 g/mol. The fourth-order valence-corrected chi connectivity index (χ4v) is 1.97. The second kappa shape index (κ2) is 3.87. The van der Waals surface area contributed by atoms with Crippen molar-refractivity contribution in [2.24, 2.45) is 0 Å². The van der Waals surface area contributed by atoms with Crippen LogP contribution in [0.25, 0.3) is 10.9 Å². The molecule has 2 aromatic rings. The highest BCUT2D eigenvalue weighted by atomic mass is 35.5. The Morgan fingerprint density at radius 2 is 2.00 bits per heavy atom. The van der Waals surface area contributed by atoms with Gasteiger partial charge in [-0.3, -0.25) is 4.98 Å². The van der Waals surface area contributed by atoms with E-state index in [0.717, 1.165) is 16.5 Å². The van der Waals surface area contributed by atoms with Gasteiger partial charge in [0.15, 0.2) is 0 Å². The number of methoxy groups -OCH3 is 1. The number of nitrogens with zero attached hydrogens (tertiary/aromatic N) is 1. The summed E-state index contributed by atoms with van der Waals surface area (Å²) in [6.45, 7) is 1.96. The van der Waals surface area contributed by atoms with Crippen LogP contribution in [0.2, 0.25) is 10.0 Å². The minimum atomic E-state index is 0.459. The number of hydrogen-bond donors (Lipinski definition) is 0. The topological polar surface area (TPSA) is 22.1 Å². The first-order valence-electron chi connectivity index (χ1n) is 4.42. The molecule has 2 rings (SSSR count). The molecule has 0 saturated carbocycles. The zero-order valence-corrected chi connectivity index (χ0v) is 9.86. The van der Waals surface area contributed by atoms with Crippen LogP contribution in [0, 0.1) is 6.92 Å². The van der Waals surface area contributed by atoms with Crippen LogP contribution in [-0.4, -0.2) is 12.1 Å². The lowest BCUT2D eigenvalue weighted by molar-refractivity contribution is 0.419. The van der Waals surface area contributed by atoms with E-state index >= 15 is 0 Å². The van der Waals surface area contributed by atoms with Gasteiger partial charge in [0.1, 0.15) is 11.3 Å². The highest BCUT2D eigenvalue weighted by Crippen LogP contribution is 2.35. The van der Waals surface area contributed by atoms with Crippen LogP contribution in [0.5, 0.6) is 5.75 Å². The molecule has 2 nitrogen and oxygen atoms in total. The molecule has 1 heterocycles. The summed E-state index contributed by atoms with van der Waals surface area (Å²) in [5.74, 6) is 0.703. The molecule has 0 amide bonds. The van der Waals surface area contributed by atoms with E-state index in [0.29, 0.717) is 15.8 Å². The second-order valence-corrected chi connectivity index (χ2v) is 4.01. The van der Waals surface area contributed by atoms with Crippen LogP contribution in [0.15, 0.2) is 18.3 Å². The van der Waals surface area contributed by atoms with Gasteiger partial charge >= 0.3 is 0 Å². The fourth-order valence-electron chi connectivity index (χ4n) is 1.54. The van der Waals surface area contributed by atoms with Crippen LogP contribution in [0.4, 0.5) is 0 Å². The van der Waals surface area contributed by atoms with Crippen LogP contribution >= 0.6 is 23.2 Å². The Kier molecular flexibility index (Phi) is 2.72. The molecule has 78 valence electrons. The average molecular weight is 242 g/mol. The van der Waals surface area contributed by atoms with Crippen molar-refractivity contribution in [3.8, 4) is 5.75 Å². The largest absolute Gasteiger partial charge is 0.494 e. The summed E-state index contributed by atoms with van der Waals surface area (Å²) >= 11 is 12.1. The molecule has 0 atom stereocenters. The highest BCUT2D eigenvalue weighted by molar-refractivity contribution is 6.45. The first-order valence-corrected chi connectivity index (χ1v) is 5.18. The van der Waals surface area contributed by atoms with Crippen molar-refractivity contribution in [3.05, 3.63) is 33.9 Å². The van der Waals surface area contributed by atoms with Gasteiger partial charge in [0.2, 0.25) is 0 Å². The van der Waals surface area contributed by atoms with Gasteiger partial charge in [-0.05, 0) is 18.6 Å². The van der Waals surface area contributed by atoms with E-state index in [2.05, 4.69) is 4.98 Å². The summed E-state index contributed by atoms with van der Waals surface area (Å²) < 4.78 is 5.21. The molecule has 4 heteroatoms. The lowest BCUT2D eigenvalue weighted by Crippen LogP contribution is -1.90. The Balaban J connectivity index is 2.93. The van der Waals surface area contributed by atoms with Crippen LogP contribution in [0.3, 0.4) is 0 Å². The number of pyridine rings is 1. The first-order chi connectivity index (χ1) is 7.15. The number of fused-ring (bicyclic) bond motifs is 1. The molecule has 15 heavy (non-hydrogen) atoms.